The van der Waals surface area contributed by atoms with Gasteiger partial charge in [0.05, 0.1) is 11.9 Å². The number of benzene rings is 1. The van der Waals surface area contributed by atoms with Crippen LogP contribution in [-0.4, -0.2) is 38.5 Å². The second-order valence-electron chi connectivity index (χ2n) is 4.62. The lowest BCUT2D eigenvalue weighted by Crippen LogP contribution is -2.33. The van der Waals surface area contributed by atoms with E-state index in [4.69, 9.17) is 4.74 Å². The van der Waals surface area contributed by atoms with Crippen molar-refractivity contribution in [2.75, 3.05) is 27.3 Å². The van der Waals surface area contributed by atoms with Crippen LogP contribution in [0.1, 0.15) is 25.5 Å². The minimum Gasteiger partial charge on any atom is -0.383 e. The van der Waals surface area contributed by atoms with Gasteiger partial charge in [-0.1, -0.05) is 12.1 Å². The Morgan fingerprint density at radius 1 is 1.30 bits per heavy atom. The summed E-state index contributed by atoms with van der Waals surface area (Å²) in [6.45, 7) is 5.13. The van der Waals surface area contributed by atoms with Crippen LogP contribution in [0.15, 0.2) is 29.2 Å². The zero-order chi connectivity index (χ0) is 15.0. The Morgan fingerprint density at radius 2 is 1.95 bits per heavy atom. The van der Waals surface area contributed by atoms with Crippen molar-refractivity contribution in [1.82, 2.24) is 10.6 Å². The summed E-state index contributed by atoms with van der Waals surface area (Å²) in [5, 5.41) is 5.94. The molecule has 0 aromatic heterocycles. The number of rotatable bonds is 8. The number of carbonyl (C=O) groups is 1. The molecule has 2 unspecified atom stereocenters. The van der Waals surface area contributed by atoms with Crippen LogP contribution >= 0.6 is 11.8 Å². The Morgan fingerprint density at radius 3 is 2.50 bits per heavy atom. The van der Waals surface area contributed by atoms with Crippen molar-refractivity contribution in [3.05, 3.63) is 29.8 Å². The van der Waals surface area contributed by atoms with Gasteiger partial charge < -0.3 is 15.4 Å². The van der Waals surface area contributed by atoms with Crippen LogP contribution in [0.2, 0.25) is 0 Å². The third-order valence-corrected chi connectivity index (χ3v) is 4.21. The first-order valence-electron chi connectivity index (χ1n) is 6.79. The quantitative estimate of drug-likeness (QED) is 0.570. The molecule has 1 aromatic rings. The fourth-order valence-corrected chi connectivity index (χ4v) is 2.57. The molecular weight excluding hydrogens is 272 g/mol. The molecule has 20 heavy (non-hydrogen) atoms. The Bertz CT molecular complexity index is 409. The molecule has 0 heterocycles. The third-order valence-electron chi connectivity index (χ3n) is 3.10. The summed E-state index contributed by atoms with van der Waals surface area (Å²) in [6.07, 6.45) is 0. The highest BCUT2D eigenvalue weighted by Crippen LogP contribution is 2.24. The lowest BCUT2D eigenvalue weighted by atomic mass is 10.1. The largest absolute Gasteiger partial charge is 0.383 e. The van der Waals surface area contributed by atoms with Crippen LogP contribution in [-0.2, 0) is 9.53 Å². The van der Waals surface area contributed by atoms with Crippen LogP contribution in [0.4, 0.5) is 0 Å². The van der Waals surface area contributed by atoms with Gasteiger partial charge in [-0.05, 0) is 38.6 Å². The predicted molar refractivity (Wildman–Crippen MR) is 84.1 cm³/mol. The summed E-state index contributed by atoms with van der Waals surface area (Å²) in [7, 11) is 3.57. The molecule has 1 amide bonds. The van der Waals surface area contributed by atoms with Crippen LogP contribution in [0, 0.1) is 0 Å². The summed E-state index contributed by atoms with van der Waals surface area (Å²) >= 11 is 1.56. The zero-order valence-corrected chi connectivity index (χ0v) is 13.4. The number of amides is 1. The summed E-state index contributed by atoms with van der Waals surface area (Å²) in [5.41, 5.74) is 1.24. The smallest absolute Gasteiger partial charge is 0.233 e. The monoisotopic (exact) mass is 296 g/mol. The molecule has 1 aromatic carbocycles. The van der Waals surface area contributed by atoms with Gasteiger partial charge >= 0.3 is 0 Å². The first-order chi connectivity index (χ1) is 9.58. The van der Waals surface area contributed by atoms with Gasteiger partial charge in [0, 0.05) is 24.6 Å². The van der Waals surface area contributed by atoms with Crippen molar-refractivity contribution in [2.45, 2.75) is 30.0 Å². The first-order valence-corrected chi connectivity index (χ1v) is 7.67. The number of thioether (sulfide) groups is 1. The lowest BCUT2D eigenvalue weighted by molar-refractivity contribution is -0.120. The summed E-state index contributed by atoms with van der Waals surface area (Å²) in [6, 6.07) is 8.65. The van der Waals surface area contributed by atoms with Gasteiger partial charge in [-0.3, -0.25) is 4.79 Å². The second kappa shape index (κ2) is 9.00. The molecule has 0 saturated carbocycles. The van der Waals surface area contributed by atoms with E-state index in [-0.39, 0.29) is 11.2 Å². The van der Waals surface area contributed by atoms with E-state index in [0.29, 0.717) is 19.2 Å². The molecule has 0 saturated heterocycles. The molecule has 0 bridgehead atoms. The number of nitrogens with one attached hydrogen (secondary N) is 2. The summed E-state index contributed by atoms with van der Waals surface area (Å²) < 4.78 is 4.91. The minimum absolute atomic E-state index is 0.0414. The fourth-order valence-electron chi connectivity index (χ4n) is 1.68. The van der Waals surface area contributed by atoms with E-state index in [1.54, 1.807) is 18.9 Å². The Labute approximate surface area is 125 Å². The molecule has 0 aliphatic rings. The fraction of sp³-hybridized carbons (Fsp3) is 0.533. The van der Waals surface area contributed by atoms with E-state index in [1.165, 1.54) is 5.56 Å². The normalized spacial score (nSPS) is 13.8. The van der Waals surface area contributed by atoms with E-state index in [1.807, 2.05) is 14.0 Å². The highest BCUT2D eigenvalue weighted by Gasteiger charge is 2.13. The van der Waals surface area contributed by atoms with Crippen molar-refractivity contribution in [3.63, 3.8) is 0 Å². The Balaban J connectivity index is 2.49. The first kappa shape index (κ1) is 17.0. The minimum atomic E-state index is -0.112. The molecule has 1 rings (SSSR count). The van der Waals surface area contributed by atoms with Crippen LogP contribution in [0.5, 0.6) is 0 Å². The molecule has 112 valence electrons. The Kier molecular flexibility index (Phi) is 7.65. The number of methoxy groups -OCH3 is 1. The van der Waals surface area contributed by atoms with Crippen LogP contribution in [0.25, 0.3) is 0 Å². The van der Waals surface area contributed by atoms with E-state index in [9.17, 15) is 4.79 Å². The molecule has 4 nitrogen and oxygen atoms in total. The number of hydrogen-bond acceptors (Lipinski definition) is 4. The van der Waals surface area contributed by atoms with Crippen molar-refractivity contribution in [1.29, 1.82) is 0 Å². The van der Waals surface area contributed by atoms with Crippen molar-refractivity contribution < 1.29 is 9.53 Å². The van der Waals surface area contributed by atoms with Gasteiger partial charge in [0.25, 0.3) is 0 Å². The molecule has 0 aliphatic heterocycles. The highest BCUT2D eigenvalue weighted by molar-refractivity contribution is 8.00. The molecule has 0 fully saturated rings. The standard InChI is InChI=1S/C15H24N2O2S/c1-11(16-3)13-5-7-14(8-6-13)20-12(2)15(18)17-9-10-19-4/h5-8,11-12,16H,9-10H2,1-4H3,(H,17,18). The van der Waals surface area contributed by atoms with Crippen molar-refractivity contribution in [2.24, 2.45) is 0 Å². The average molecular weight is 296 g/mol. The maximum atomic E-state index is 11.8. The van der Waals surface area contributed by atoms with Gasteiger partial charge in [-0.25, -0.2) is 0 Å². The van der Waals surface area contributed by atoms with Crippen molar-refractivity contribution >= 4 is 17.7 Å². The number of carbonyl (C=O) groups excluding carboxylic acids is 1. The average Bonchev–Trinajstić information content (AvgIpc) is 2.47. The van der Waals surface area contributed by atoms with Gasteiger partial charge in [0.2, 0.25) is 5.91 Å². The number of ether oxygens (including phenoxy) is 1. The predicted octanol–water partition coefficient (Wildman–Crippen LogP) is 2.21. The zero-order valence-electron chi connectivity index (χ0n) is 12.6. The molecule has 0 aliphatic carbocycles. The third kappa shape index (κ3) is 5.53. The Hall–Kier alpha value is -1.04. The lowest BCUT2D eigenvalue weighted by Gasteiger charge is -2.13. The van der Waals surface area contributed by atoms with Gasteiger partial charge in [-0.15, -0.1) is 11.8 Å². The van der Waals surface area contributed by atoms with E-state index in [2.05, 4.69) is 41.8 Å². The van der Waals surface area contributed by atoms with E-state index in [0.717, 1.165) is 4.90 Å². The molecular formula is C15H24N2O2S. The van der Waals surface area contributed by atoms with Gasteiger partial charge in [-0.2, -0.15) is 0 Å². The maximum Gasteiger partial charge on any atom is 0.233 e. The second-order valence-corrected chi connectivity index (χ2v) is 6.04. The molecule has 2 N–H and O–H groups in total. The van der Waals surface area contributed by atoms with Crippen LogP contribution < -0.4 is 10.6 Å². The van der Waals surface area contributed by atoms with Crippen molar-refractivity contribution in [3.8, 4) is 0 Å². The molecule has 0 spiro atoms. The maximum absolute atomic E-state index is 11.8. The van der Waals surface area contributed by atoms with Gasteiger partial charge in [0.1, 0.15) is 0 Å². The highest BCUT2D eigenvalue weighted by atomic mass is 32.2. The molecule has 2 atom stereocenters. The topological polar surface area (TPSA) is 50.4 Å². The van der Waals surface area contributed by atoms with Crippen LogP contribution in [0.3, 0.4) is 0 Å². The summed E-state index contributed by atoms with van der Waals surface area (Å²) in [4.78, 5) is 12.9. The number of hydrogen-bond donors (Lipinski definition) is 2. The molecule has 0 radical (unpaired) electrons. The SMILES string of the molecule is CNC(C)c1ccc(SC(C)C(=O)NCCOC)cc1. The summed E-state index contributed by atoms with van der Waals surface area (Å²) in [5.74, 6) is 0.0414. The van der Waals surface area contributed by atoms with E-state index >= 15 is 0 Å². The van der Waals surface area contributed by atoms with Gasteiger partial charge in [0.15, 0.2) is 0 Å². The molecule has 5 heteroatoms. The van der Waals surface area contributed by atoms with E-state index < -0.39 is 0 Å².